The number of amides is 1. The van der Waals surface area contributed by atoms with Gasteiger partial charge in [0, 0.05) is 12.5 Å². The topological polar surface area (TPSA) is 82.1 Å². The van der Waals surface area contributed by atoms with E-state index in [0.717, 1.165) is 0 Å². The number of carbonyl (C=O) groups excluding carboxylic acids is 3. The van der Waals surface area contributed by atoms with Crippen molar-refractivity contribution in [3.8, 4) is 0 Å². The molecule has 1 aliphatic carbocycles. The number of fused-ring (bicyclic) bond motifs is 2. The van der Waals surface area contributed by atoms with E-state index in [2.05, 4.69) is 0 Å². The van der Waals surface area contributed by atoms with Crippen molar-refractivity contribution in [2.75, 3.05) is 27.4 Å². The van der Waals surface area contributed by atoms with Gasteiger partial charge in [0.05, 0.1) is 38.7 Å². The fraction of sp³-hybridized carbons (Fsp3) is 0.643. The Morgan fingerprint density at radius 1 is 1.10 bits per heavy atom. The van der Waals surface area contributed by atoms with Gasteiger partial charge in [0.25, 0.3) is 0 Å². The van der Waals surface area contributed by atoms with Gasteiger partial charge in [-0.2, -0.15) is 0 Å². The van der Waals surface area contributed by atoms with Crippen molar-refractivity contribution in [3.63, 3.8) is 0 Å². The third kappa shape index (κ3) is 2.59. The number of hydrogen-bond acceptors (Lipinski definition) is 6. The molecule has 21 heavy (non-hydrogen) atoms. The van der Waals surface area contributed by atoms with E-state index in [4.69, 9.17) is 14.2 Å². The molecular formula is C14H19NO6. The Morgan fingerprint density at radius 2 is 1.71 bits per heavy atom. The zero-order valence-corrected chi connectivity index (χ0v) is 12.3. The van der Waals surface area contributed by atoms with Crippen LogP contribution < -0.4 is 0 Å². The van der Waals surface area contributed by atoms with E-state index < -0.39 is 35.9 Å². The van der Waals surface area contributed by atoms with Crippen molar-refractivity contribution < 1.29 is 28.6 Å². The number of nitrogens with zero attached hydrogens (tertiary/aromatic N) is 1. The molecule has 4 atom stereocenters. The molecule has 0 aromatic carbocycles. The molecule has 1 saturated heterocycles. The molecule has 0 aromatic rings. The molecule has 0 N–H and O–H groups in total. The van der Waals surface area contributed by atoms with Crippen molar-refractivity contribution in [2.45, 2.75) is 13.0 Å². The maximum atomic E-state index is 12.1. The molecule has 2 heterocycles. The van der Waals surface area contributed by atoms with E-state index in [1.165, 1.54) is 19.1 Å². The molecule has 1 fully saturated rings. The quantitative estimate of drug-likeness (QED) is 0.431. The Bertz CT molecular complexity index is 474. The minimum atomic E-state index is -0.768. The van der Waals surface area contributed by atoms with E-state index in [9.17, 15) is 14.4 Å². The number of carbonyl (C=O) groups is 3. The molecule has 2 aliphatic heterocycles. The summed E-state index contributed by atoms with van der Waals surface area (Å²) < 4.78 is 14.6. The fourth-order valence-electron chi connectivity index (χ4n) is 3.08. The van der Waals surface area contributed by atoms with E-state index in [0.29, 0.717) is 6.54 Å². The summed E-state index contributed by atoms with van der Waals surface area (Å²) in [7, 11) is 2.54. The van der Waals surface area contributed by atoms with Crippen LogP contribution in [-0.4, -0.2) is 56.3 Å². The number of esters is 2. The smallest absolute Gasteiger partial charge is 0.410 e. The van der Waals surface area contributed by atoms with Gasteiger partial charge in [-0.3, -0.25) is 9.59 Å². The fourth-order valence-corrected chi connectivity index (χ4v) is 3.08. The Balaban J connectivity index is 2.32. The van der Waals surface area contributed by atoms with Gasteiger partial charge in [0.1, 0.15) is 0 Å². The largest absolute Gasteiger partial charge is 0.469 e. The average Bonchev–Trinajstić information content (AvgIpc) is 2.53. The molecule has 0 saturated carbocycles. The number of rotatable bonds is 3. The lowest BCUT2D eigenvalue weighted by molar-refractivity contribution is -0.165. The normalized spacial score (nSPS) is 30.0. The second kappa shape index (κ2) is 6.15. The minimum absolute atomic E-state index is 0.250. The van der Waals surface area contributed by atoms with E-state index >= 15 is 0 Å². The van der Waals surface area contributed by atoms with Gasteiger partial charge in [0.2, 0.25) is 0 Å². The first-order valence-corrected chi connectivity index (χ1v) is 6.82. The van der Waals surface area contributed by atoms with Crippen LogP contribution in [0, 0.1) is 17.8 Å². The molecule has 7 nitrogen and oxygen atoms in total. The van der Waals surface area contributed by atoms with Crippen molar-refractivity contribution in [2.24, 2.45) is 17.8 Å². The summed E-state index contributed by atoms with van der Waals surface area (Å²) in [5.74, 6) is -2.68. The van der Waals surface area contributed by atoms with Gasteiger partial charge in [-0.1, -0.05) is 12.2 Å². The number of ether oxygens (including phenoxy) is 3. The maximum Gasteiger partial charge on any atom is 0.410 e. The van der Waals surface area contributed by atoms with Crippen LogP contribution in [0.15, 0.2) is 12.2 Å². The Labute approximate surface area is 122 Å². The molecular weight excluding hydrogens is 278 g/mol. The lowest BCUT2D eigenvalue weighted by Crippen LogP contribution is -2.61. The van der Waals surface area contributed by atoms with Gasteiger partial charge in [-0.05, 0) is 6.92 Å². The van der Waals surface area contributed by atoms with Gasteiger partial charge in [-0.25, -0.2) is 4.79 Å². The van der Waals surface area contributed by atoms with E-state index in [1.807, 2.05) is 6.08 Å². The minimum Gasteiger partial charge on any atom is -0.469 e. The predicted molar refractivity (Wildman–Crippen MR) is 71.2 cm³/mol. The first-order valence-electron chi connectivity index (χ1n) is 6.82. The summed E-state index contributed by atoms with van der Waals surface area (Å²) >= 11 is 0. The van der Waals surface area contributed by atoms with Crippen molar-refractivity contribution in [1.82, 2.24) is 4.90 Å². The summed E-state index contributed by atoms with van der Waals surface area (Å²) in [6.07, 6.45) is 3.11. The number of methoxy groups -OCH3 is 2. The summed E-state index contributed by atoms with van der Waals surface area (Å²) in [5.41, 5.74) is 0. The van der Waals surface area contributed by atoms with Crippen LogP contribution in [0.25, 0.3) is 0 Å². The molecule has 0 spiro atoms. The van der Waals surface area contributed by atoms with Gasteiger partial charge >= 0.3 is 18.0 Å². The van der Waals surface area contributed by atoms with Crippen LogP contribution in [0.2, 0.25) is 0 Å². The average molecular weight is 297 g/mol. The van der Waals surface area contributed by atoms with Crippen molar-refractivity contribution in [1.29, 1.82) is 0 Å². The molecule has 0 radical (unpaired) electrons. The molecule has 1 amide bonds. The van der Waals surface area contributed by atoms with Crippen LogP contribution in [0.4, 0.5) is 4.79 Å². The first-order chi connectivity index (χ1) is 10.0. The summed E-state index contributed by atoms with van der Waals surface area (Å²) in [6, 6.07) is -0.550. The number of piperidine rings is 1. The summed E-state index contributed by atoms with van der Waals surface area (Å²) in [5, 5.41) is 0. The summed E-state index contributed by atoms with van der Waals surface area (Å²) in [4.78, 5) is 37.5. The van der Waals surface area contributed by atoms with Crippen molar-refractivity contribution in [3.05, 3.63) is 12.2 Å². The SMILES string of the molecule is CCOC(=O)N1C[C@@H]2C=C[C@H]1[C@@H](C(=O)OC)[C@@H]2C(=O)OC. The lowest BCUT2D eigenvalue weighted by Gasteiger charge is -2.47. The maximum absolute atomic E-state index is 12.1. The molecule has 3 rings (SSSR count). The first kappa shape index (κ1) is 15.3. The van der Waals surface area contributed by atoms with E-state index in [-0.39, 0.29) is 12.5 Å². The molecule has 0 aromatic heterocycles. The summed E-state index contributed by atoms with van der Waals surface area (Å²) in [6.45, 7) is 2.29. The van der Waals surface area contributed by atoms with Crippen LogP contribution in [0.5, 0.6) is 0 Å². The predicted octanol–water partition coefficient (Wildman–Crippen LogP) is 0.591. The Morgan fingerprint density at radius 3 is 2.29 bits per heavy atom. The highest BCUT2D eigenvalue weighted by Crippen LogP contribution is 2.40. The van der Waals surface area contributed by atoms with Crippen LogP contribution in [0.3, 0.4) is 0 Å². The van der Waals surface area contributed by atoms with Crippen molar-refractivity contribution >= 4 is 18.0 Å². The van der Waals surface area contributed by atoms with Crippen LogP contribution >= 0.6 is 0 Å². The molecule has 0 unspecified atom stereocenters. The zero-order valence-electron chi connectivity index (χ0n) is 12.3. The van der Waals surface area contributed by atoms with Crippen LogP contribution in [-0.2, 0) is 23.8 Å². The lowest BCUT2D eigenvalue weighted by atomic mass is 9.69. The Kier molecular flexibility index (Phi) is 4.50. The number of hydrogen-bond donors (Lipinski definition) is 0. The highest BCUT2D eigenvalue weighted by Gasteiger charge is 2.54. The molecule has 116 valence electrons. The monoisotopic (exact) mass is 297 g/mol. The Hall–Kier alpha value is -2.05. The van der Waals surface area contributed by atoms with Crippen LogP contribution in [0.1, 0.15) is 6.92 Å². The highest BCUT2D eigenvalue weighted by molar-refractivity contribution is 5.85. The molecule has 7 heteroatoms. The van der Waals surface area contributed by atoms with E-state index in [1.54, 1.807) is 13.0 Å². The van der Waals surface area contributed by atoms with Gasteiger partial charge < -0.3 is 19.1 Å². The molecule has 3 aliphatic rings. The second-order valence-corrected chi connectivity index (χ2v) is 4.99. The highest BCUT2D eigenvalue weighted by atomic mass is 16.6. The molecule has 2 bridgehead atoms. The van der Waals surface area contributed by atoms with Gasteiger partial charge in [-0.15, -0.1) is 0 Å². The second-order valence-electron chi connectivity index (χ2n) is 4.99. The standard InChI is InChI=1S/C14H19NO6/c1-4-21-14(18)15-7-8-5-6-9(15)11(13(17)20-3)10(8)12(16)19-2/h5-6,8-11H,4,7H2,1-3H3/t8-,9-,10+,11+/m0/s1. The third-order valence-corrected chi connectivity index (χ3v) is 3.99. The third-order valence-electron chi connectivity index (χ3n) is 3.99. The zero-order chi connectivity index (χ0) is 15.6. The van der Waals surface area contributed by atoms with Gasteiger partial charge in [0.15, 0.2) is 0 Å².